The molecule has 0 radical (unpaired) electrons. The average molecular weight is 509 g/mol. The molecule has 3 aliphatic rings. The van der Waals surface area contributed by atoms with Crippen LogP contribution in [-0.4, -0.2) is 36.1 Å². The lowest BCUT2D eigenvalue weighted by molar-refractivity contribution is -0.138. The minimum absolute atomic E-state index is 0.173. The van der Waals surface area contributed by atoms with Crippen LogP contribution in [0.5, 0.6) is 0 Å². The molecule has 35 heavy (non-hydrogen) atoms. The van der Waals surface area contributed by atoms with Crippen molar-refractivity contribution < 1.29 is 32.3 Å². The molecule has 4 atom stereocenters. The van der Waals surface area contributed by atoms with Crippen molar-refractivity contribution in [3.05, 3.63) is 29.3 Å². The summed E-state index contributed by atoms with van der Waals surface area (Å²) in [5.74, 6) is -2.62. The van der Waals surface area contributed by atoms with E-state index in [4.69, 9.17) is 10.00 Å². The van der Waals surface area contributed by atoms with Crippen molar-refractivity contribution >= 4 is 25.8 Å². The number of nitriles is 1. The van der Waals surface area contributed by atoms with Crippen molar-refractivity contribution in [1.82, 2.24) is 0 Å². The first-order valence-corrected chi connectivity index (χ1v) is 14.8. The number of anilines is 1. The maximum absolute atomic E-state index is 13.6. The highest BCUT2D eigenvalue weighted by molar-refractivity contribution is 6.72. The van der Waals surface area contributed by atoms with Crippen LogP contribution in [0.15, 0.2) is 18.2 Å². The highest BCUT2D eigenvalue weighted by atomic mass is 28.4. The molecule has 0 aliphatic carbocycles. The number of ether oxygens (including phenoxy) is 1. The molecule has 0 saturated carbocycles. The van der Waals surface area contributed by atoms with E-state index in [1.807, 2.05) is 33.9 Å². The summed E-state index contributed by atoms with van der Waals surface area (Å²) in [5.41, 5.74) is -3.62. The molecule has 0 aromatic heterocycles. The third-order valence-electron chi connectivity index (χ3n) is 8.76. The molecule has 3 aliphatic heterocycles. The highest BCUT2D eigenvalue weighted by Gasteiger charge is 2.73. The van der Waals surface area contributed by atoms with Gasteiger partial charge in [0.15, 0.2) is 8.32 Å². The van der Waals surface area contributed by atoms with E-state index in [1.165, 1.54) is 12.1 Å². The van der Waals surface area contributed by atoms with Gasteiger partial charge in [0.25, 0.3) is 0 Å². The van der Waals surface area contributed by atoms with Gasteiger partial charge in [-0.1, -0.05) is 20.3 Å². The molecular formula is C25H31F3N2O4Si. The number of alkyl halides is 3. The maximum atomic E-state index is 13.6. The number of carbonyl (C=O) groups excluding carboxylic acids is 2. The molecule has 0 spiro atoms. The monoisotopic (exact) mass is 508 g/mol. The Kier molecular flexibility index (Phi) is 5.83. The van der Waals surface area contributed by atoms with Gasteiger partial charge in [0.1, 0.15) is 0 Å². The van der Waals surface area contributed by atoms with Crippen LogP contribution >= 0.6 is 0 Å². The van der Waals surface area contributed by atoms with Crippen molar-refractivity contribution in [2.45, 2.75) is 88.4 Å². The first kappa shape index (κ1) is 25.9. The van der Waals surface area contributed by atoms with Gasteiger partial charge in [-0.3, -0.25) is 9.59 Å². The van der Waals surface area contributed by atoms with Gasteiger partial charge in [-0.15, -0.1) is 0 Å². The standard InChI is InChI=1S/C25H31F3N2O4Si/c1-22(2,35(4,5)33)9-6-10-24-12-11-23(3,34-24)18-19(24)21(32)30(20(18)31)16-8-7-15(14-29)17(13-16)25(26,27)28/h7-8,13,18-19,33H,6,9-12H2,1-5H3/t18-,19+,23-,24+/m1/s1. The molecule has 3 saturated heterocycles. The van der Waals surface area contributed by atoms with Gasteiger partial charge in [0.05, 0.1) is 45.9 Å². The Labute approximate surface area is 204 Å². The van der Waals surface area contributed by atoms with E-state index in [-0.39, 0.29) is 10.7 Å². The minimum atomic E-state index is -4.80. The van der Waals surface area contributed by atoms with E-state index in [0.29, 0.717) is 31.7 Å². The van der Waals surface area contributed by atoms with Crippen molar-refractivity contribution in [3.63, 3.8) is 0 Å². The van der Waals surface area contributed by atoms with Crippen LogP contribution in [0.4, 0.5) is 18.9 Å². The zero-order valence-corrected chi connectivity index (χ0v) is 21.6. The summed E-state index contributed by atoms with van der Waals surface area (Å²) in [6.07, 6.45) is -1.65. The molecule has 10 heteroatoms. The molecule has 1 N–H and O–H groups in total. The Morgan fingerprint density at radius 1 is 1.20 bits per heavy atom. The zero-order chi connectivity index (χ0) is 26.2. The fraction of sp³-hybridized carbons (Fsp3) is 0.640. The number of benzene rings is 1. The van der Waals surface area contributed by atoms with Crippen molar-refractivity contribution in [1.29, 1.82) is 5.26 Å². The third-order valence-corrected chi connectivity index (χ3v) is 12.3. The lowest BCUT2D eigenvalue weighted by Gasteiger charge is -2.37. The Balaban J connectivity index is 1.65. The van der Waals surface area contributed by atoms with E-state index < -0.39 is 60.5 Å². The van der Waals surface area contributed by atoms with Gasteiger partial charge < -0.3 is 9.53 Å². The number of fused-ring (bicyclic) bond motifs is 5. The maximum Gasteiger partial charge on any atom is 0.417 e. The van der Waals surface area contributed by atoms with E-state index in [2.05, 4.69) is 0 Å². The SMILES string of the molecule is CC(C)(CCC[C@@]12CC[C@@](C)(O1)[C@H]1C(=O)N(c3ccc(C#N)c(C(F)(F)F)c3)C(=O)[C@H]12)[Si](C)(C)O. The van der Waals surface area contributed by atoms with Gasteiger partial charge in [-0.25, -0.2) is 4.90 Å². The summed E-state index contributed by atoms with van der Waals surface area (Å²) in [4.78, 5) is 38.6. The highest BCUT2D eigenvalue weighted by Crippen LogP contribution is 2.63. The second kappa shape index (κ2) is 7.89. The van der Waals surface area contributed by atoms with Gasteiger partial charge >= 0.3 is 6.18 Å². The van der Waals surface area contributed by atoms with Crippen LogP contribution in [0.3, 0.4) is 0 Å². The minimum Gasteiger partial charge on any atom is -0.432 e. The van der Waals surface area contributed by atoms with E-state index in [9.17, 15) is 27.6 Å². The molecule has 3 heterocycles. The van der Waals surface area contributed by atoms with Crippen molar-refractivity contribution in [2.24, 2.45) is 11.8 Å². The van der Waals surface area contributed by atoms with Crippen LogP contribution in [0.25, 0.3) is 0 Å². The lowest BCUT2D eigenvalue weighted by Crippen LogP contribution is -2.43. The number of halogens is 3. The fourth-order valence-electron chi connectivity index (χ4n) is 6.00. The summed E-state index contributed by atoms with van der Waals surface area (Å²) in [6, 6.07) is 4.45. The molecule has 2 bridgehead atoms. The van der Waals surface area contributed by atoms with Crippen LogP contribution in [0, 0.1) is 23.2 Å². The predicted molar refractivity (Wildman–Crippen MR) is 125 cm³/mol. The fourth-order valence-corrected chi connectivity index (χ4v) is 6.79. The number of hydrogen-bond donors (Lipinski definition) is 1. The number of imide groups is 1. The van der Waals surface area contributed by atoms with E-state index in [0.717, 1.165) is 17.4 Å². The number of carbonyl (C=O) groups is 2. The molecule has 1 aromatic carbocycles. The van der Waals surface area contributed by atoms with E-state index >= 15 is 0 Å². The molecular weight excluding hydrogens is 477 g/mol. The summed E-state index contributed by atoms with van der Waals surface area (Å²) in [6.45, 7) is 9.65. The summed E-state index contributed by atoms with van der Waals surface area (Å²) in [5, 5.41) is 8.83. The Hall–Kier alpha value is -2.22. The van der Waals surface area contributed by atoms with Gasteiger partial charge in [-0.05, 0) is 68.9 Å². The van der Waals surface area contributed by atoms with Gasteiger partial charge in [0.2, 0.25) is 11.8 Å². The molecule has 2 amide bonds. The summed E-state index contributed by atoms with van der Waals surface area (Å²) < 4.78 is 47.0. The number of rotatable bonds is 6. The lowest BCUT2D eigenvalue weighted by atomic mass is 9.67. The van der Waals surface area contributed by atoms with Crippen LogP contribution < -0.4 is 4.90 Å². The third kappa shape index (κ3) is 3.92. The smallest absolute Gasteiger partial charge is 0.417 e. The first-order valence-electron chi connectivity index (χ1n) is 11.9. The van der Waals surface area contributed by atoms with Gasteiger partial charge in [0, 0.05) is 0 Å². The molecule has 3 fully saturated rings. The van der Waals surface area contributed by atoms with Gasteiger partial charge in [-0.2, -0.15) is 18.4 Å². The van der Waals surface area contributed by atoms with Crippen LogP contribution in [-0.2, 0) is 20.5 Å². The number of nitrogens with zero attached hydrogens (tertiary/aromatic N) is 2. The van der Waals surface area contributed by atoms with E-state index in [1.54, 1.807) is 0 Å². The summed E-state index contributed by atoms with van der Waals surface area (Å²) in [7, 11) is -2.42. The largest absolute Gasteiger partial charge is 0.432 e. The average Bonchev–Trinajstić information content (AvgIpc) is 3.30. The van der Waals surface area contributed by atoms with Crippen molar-refractivity contribution in [2.75, 3.05) is 4.90 Å². The number of amides is 2. The number of hydrogen-bond acceptors (Lipinski definition) is 5. The Morgan fingerprint density at radius 2 is 1.83 bits per heavy atom. The Morgan fingerprint density at radius 3 is 2.40 bits per heavy atom. The Bertz CT molecular complexity index is 1120. The first-order chi connectivity index (χ1) is 16.0. The quantitative estimate of drug-likeness (QED) is 0.424. The molecule has 190 valence electrons. The molecule has 0 unspecified atom stereocenters. The molecule has 4 rings (SSSR count). The summed E-state index contributed by atoms with van der Waals surface area (Å²) >= 11 is 0. The molecule has 6 nitrogen and oxygen atoms in total. The van der Waals surface area contributed by atoms with Crippen LogP contribution in [0.1, 0.15) is 64.0 Å². The van der Waals surface area contributed by atoms with Crippen LogP contribution in [0.2, 0.25) is 18.1 Å². The second-order valence-corrected chi connectivity index (χ2v) is 16.1. The zero-order valence-electron chi connectivity index (χ0n) is 20.6. The topological polar surface area (TPSA) is 90.6 Å². The second-order valence-electron chi connectivity index (χ2n) is 11.6. The normalized spacial score (nSPS) is 30.7. The van der Waals surface area contributed by atoms with Crippen molar-refractivity contribution in [3.8, 4) is 6.07 Å². The molecule has 1 aromatic rings. The predicted octanol–water partition coefficient (Wildman–Crippen LogP) is 5.15.